The molecule has 3 nitrogen and oxygen atoms in total. The lowest BCUT2D eigenvalue weighted by Gasteiger charge is -2.06. The molecule has 0 radical (unpaired) electrons. The maximum absolute atomic E-state index is 11.1. The molecular weight excluding hydrogens is 180 g/mol. The van der Waals surface area contributed by atoms with E-state index in [4.69, 9.17) is 9.47 Å². The molecule has 0 rings (SSSR count). The van der Waals surface area contributed by atoms with E-state index in [9.17, 15) is 4.79 Å². The molecule has 0 aliphatic rings. The molecule has 0 bridgehead atoms. The van der Waals surface area contributed by atoms with Gasteiger partial charge in [-0.15, -0.1) is 0 Å². The van der Waals surface area contributed by atoms with Crippen molar-refractivity contribution in [2.45, 2.75) is 40.0 Å². The lowest BCUT2D eigenvalue weighted by atomic mass is 10.2. The zero-order valence-corrected chi connectivity index (χ0v) is 9.54. The van der Waals surface area contributed by atoms with Crippen LogP contribution in [0.25, 0.3) is 0 Å². The fourth-order valence-corrected chi connectivity index (χ4v) is 0.897. The van der Waals surface area contributed by atoms with Gasteiger partial charge in [-0.25, -0.2) is 0 Å². The number of hydrogen-bond donors (Lipinski definition) is 0. The van der Waals surface area contributed by atoms with E-state index in [0.717, 1.165) is 19.4 Å². The standard InChI is InChI=1S/C11H22O3/c1-4-7-13-8-5-6-11(12)14-9-10(2)3/h10H,4-9H2,1-3H3. The van der Waals surface area contributed by atoms with Gasteiger partial charge in [0.2, 0.25) is 0 Å². The van der Waals surface area contributed by atoms with E-state index in [2.05, 4.69) is 6.92 Å². The Hall–Kier alpha value is -0.570. The first-order chi connectivity index (χ1) is 6.66. The number of carbonyl (C=O) groups is 1. The lowest BCUT2D eigenvalue weighted by Crippen LogP contribution is -2.10. The first kappa shape index (κ1) is 13.4. The van der Waals surface area contributed by atoms with Gasteiger partial charge in [0.15, 0.2) is 0 Å². The van der Waals surface area contributed by atoms with Gasteiger partial charge in [0.1, 0.15) is 0 Å². The number of rotatable bonds is 8. The number of carbonyl (C=O) groups excluding carboxylic acids is 1. The van der Waals surface area contributed by atoms with Crippen molar-refractivity contribution >= 4 is 5.97 Å². The average Bonchev–Trinajstić information content (AvgIpc) is 2.14. The Labute approximate surface area is 86.8 Å². The third kappa shape index (κ3) is 9.52. The summed E-state index contributed by atoms with van der Waals surface area (Å²) < 4.78 is 10.3. The number of esters is 1. The quantitative estimate of drug-likeness (QED) is 0.448. The van der Waals surface area contributed by atoms with Gasteiger partial charge in [-0.2, -0.15) is 0 Å². The molecule has 0 fully saturated rings. The zero-order valence-electron chi connectivity index (χ0n) is 9.54. The van der Waals surface area contributed by atoms with Gasteiger partial charge in [-0.05, 0) is 18.8 Å². The van der Waals surface area contributed by atoms with Gasteiger partial charge >= 0.3 is 5.97 Å². The minimum Gasteiger partial charge on any atom is -0.465 e. The van der Waals surface area contributed by atoms with Crippen LogP contribution in [0.1, 0.15) is 40.0 Å². The molecule has 0 heterocycles. The van der Waals surface area contributed by atoms with E-state index in [1.807, 2.05) is 13.8 Å². The number of ether oxygens (including phenoxy) is 2. The Kier molecular flexibility index (Phi) is 8.64. The van der Waals surface area contributed by atoms with Crippen molar-refractivity contribution in [3.8, 4) is 0 Å². The SMILES string of the molecule is CCCOCCCC(=O)OCC(C)C. The van der Waals surface area contributed by atoms with Crippen molar-refractivity contribution < 1.29 is 14.3 Å². The molecule has 84 valence electrons. The van der Waals surface area contributed by atoms with Crippen LogP contribution in [0.5, 0.6) is 0 Å². The monoisotopic (exact) mass is 202 g/mol. The summed E-state index contributed by atoms with van der Waals surface area (Å²) in [7, 11) is 0. The Bertz CT molecular complexity index is 143. The summed E-state index contributed by atoms with van der Waals surface area (Å²) in [6.07, 6.45) is 2.26. The number of hydrogen-bond acceptors (Lipinski definition) is 3. The van der Waals surface area contributed by atoms with Gasteiger partial charge in [0.25, 0.3) is 0 Å². The highest BCUT2D eigenvalue weighted by Crippen LogP contribution is 1.98. The summed E-state index contributed by atoms with van der Waals surface area (Å²) in [5.41, 5.74) is 0. The van der Waals surface area contributed by atoms with Crippen LogP contribution in [0.4, 0.5) is 0 Å². The maximum atomic E-state index is 11.1. The van der Waals surface area contributed by atoms with E-state index < -0.39 is 0 Å². The molecule has 0 aliphatic carbocycles. The summed E-state index contributed by atoms with van der Waals surface area (Å²) in [6, 6.07) is 0. The summed E-state index contributed by atoms with van der Waals surface area (Å²) in [6.45, 7) is 8.08. The normalized spacial score (nSPS) is 10.6. The van der Waals surface area contributed by atoms with Crippen molar-refractivity contribution in [3.63, 3.8) is 0 Å². The summed E-state index contributed by atoms with van der Waals surface area (Å²) in [4.78, 5) is 11.1. The highest BCUT2D eigenvalue weighted by atomic mass is 16.5. The van der Waals surface area contributed by atoms with Crippen molar-refractivity contribution in [1.82, 2.24) is 0 Å². The molecule has 0 N–H and O–H groups in total. The van der Waals surface area contributed by atoms with Crippen LogP contribution in [0, 0.1) is 5.92 Å². The predicted molar refractivity (Wildman–Crippen MR) is 56.1 cm³/mol. The molecule has 0 amide bonds. The predicted octanol–water partition coefficient (Wildman–Crippen LogP) is 2.39. The molecule has 0 aromatic carbocycles. The van der Waals surface area contributed by atoms with Crippen LogP contribution in [0.15, 0.2) is 0 Å². The van der Waals surface area contributed by atoms with E-state index in [1.165, 1.54) is 0 Å². The summed E-state index contributed by atoms with van der Waals surface area (Å²) in [5, 5.41) is 0. The minimum absolute atomic E-state index is 0.112. The van der Waals surface area contributed by atoms with Crippen molar-refractivity contribution in [2.24, 2.45) is 5.92 Å². The van der Waals surface area contributed by atoms with E-state index in [1.54, 1.807) is 0 Å². The van der Waals surface area contributed by atoms with E-state index >= 15 is 0 Å². The van der Waals surface area contributed by atoms with Crippen LogP contribution in [-0.2, 0) is 14.3 Å². The Morgan fingerprint density at radius 3 is 2.57 bits per heavy atom. The smallest absolute Gasteiger partial charge is 0.305 e. The van der Waals surface area contributed by atoms with Crippen LogP contribution in [0.2, 0.25) is 0 Å². The molecular formula is C11H22O3. The van der Waals surface area contributed by atoms with Crippen LogP contribution in [0.3, 0.4) is 0 Å². The first-order valence-electron chi connectivity index (χ1n) is 5.40. The Balaban J connectivity index is 3.18. The highest BCUT2D eigenvalue weighted by molar-refractivity contribution is 5.69. The van der Waals surface area contributed by atoms with Gasteiger partial charge in [-0.3, -0.25) is 4.79 Å². The van der Waals surface area contributed by atoms with E-state index in [-0.39, 0.29) is 5.97 Å². The third-order valence-electron chi connectivity index (χ3n) is 1.60. The second-order valence-electron chi connectivity index (χ2n) is 3.79. The van der Waals surface area contributed by atoms with Crippen LogP contribution >= 0.6 is 0 Å². The maximum Gasteiger partial charge on any atom is 0.305 e. The van der Waals surface area contributed by atoms with Crippen molar-refractivity contribution in [1.29, 1.82) is 0 Å². The molecule has 0 aromatic rings. The van der Waals surface area contributed by atoms with Gasteiger partial charge in [-0.1, -0.05) is 20.8 Å². The van der Waals surface area contributed by atoms with Gasteiger partial charge in [0.05, 0.1) is 6.61 Å². The fraction of sp³-hybridized carbons (Fsp3) is 0.909. The first-order valence-corrected chi connectivity index (χ1v) is 5.40. The molecule has 0 unspecified atom stereocenters. The Morgan fingerprint density at radius 2 is 2.00 bits per heavy atom. The molecule has 14 heavy (non-hydrogen) atoms. The molecule has 3 heteroatoms. The second kappa shape index (κ2) is 9.00. The molecule has 0 atom stereocenters. The second-order valence-corrected chi connectivity index (χ2v) is 3.79. The Morgan fingerprint density at radius 1 is 1.29 bits per heavy atom. The molecule has 0 saturated carbocycles. The molecule has 0 aromatic heterocycles. The van der Waals surface area contributed by atoms with Crippen molar-refractivity contribution in [2.75, 3.05) is 19.8 Å². The largest absolute Gasteiger partial charge is 0.465 e. The average molecular weight is 202 g/mol. The fourth-order valence-electron chi connectivity index (χ4n) is 0.897. The van der Waals surface area contributed by atoms with Crippen LogP contribution in [-0.4, -0.2) is 25.8 Å². The summed E-state index contributed by atoms with van der Waals surface area (Å²) in [5.74, 6) is 0.300. The summed E-state index contributed by atoms with van der Waals surface area (Å²) >= 11 is 0. The van der Waals surface area contributed by atoms with Gasteiger partial charge < -0.3 is 9.47 Å². The zero-order chi connectivity index (χ0) is 10.8. The third-order valence-corrected chi connectivity index (χ3v) is 1.60. The van der Waals surface area contributed by atoms with Crippen LogP contribution < -0.4 is 0 Å². The van der Waals surface area contributed by atoms with E-state index in [0.29, 0.717) is 25.6 Å². The molecule has 0 spiro atoms. The molecule has 0 aliphatic heterocycles. The lowest BCUT2D eigenvalue weighted by molar-refractivity contribution is -0.145. The van der Waals surface area contributed by atoms with Crippen molar-refractivity contribution in [3.05, 3.63) is 0 Å². The van der Waals surface area contributed by atoms with Gasteiger partial charge in [0, 0.05) is 19.6 Å². The highest BCUT2D eigenvalue weighted by Gasteiger charge is 2.03. The molecule has 0 saturated heterocycles. The minimum atomic E-state index is -0.112. The topological polar surface area (TPSA) is 35.5 Å².